The number of carbonyl (C=O) groups is 1. The van der Waals surface area contributed by atoms with Gasteiger partial charge in [-0.1, -0.05) is 326 Å². The molecule has 12 unspecified atom stereocenters. The van der Waals surface area contributed by atoms with Crippen LogP contribution in [0, 0.1) is 0 Å². The second-order valence-electron chi connectivity index (χ2n) is 27.5. The number of rotatable bonds is 65. The van der Waals surface area contributed by atoms with Crippen molar-refractivity contribution >= 4 is 5.91 Å². The third-order valence-corrected chi connectivity index (χ3v) is 19.0. The van der Waals surface area contributed by atoms with E-state index in [4.69, 9.17) is 18.9 Å². The van der Waals surface area contributed by atoms with Crippen LogP contribution in [-0.4, -0.2) is 140 Å². The van der Waals surface area contributed by atoms with Crippen LogP contribution in [0.15, 0.2) is 48.6 Å². The number of nitrogens with one attached hydrogen (secondary N) is 1. The van der Waals surface area contributed by atoms with E-state index in [-0.39, 0.29) is 18.9 Å². The highest BCUT2D eigenvalue weighted by Crippen LogP contribution is 2.30. The van der Waals surface area contributed by atoms with Gasteiger partial charge in [-0.3, -0.25) is 4.79 Å². The second kappa shape index (κ2) is 62.5. The number of carbonyl (C=O) groups excluding carboxylic acids is 1. The molecular weight excluding hydrogens is 1160 g/mol. The lowest BCUT2D eigenvalue weighted by Gasteiger charge is -2.46. The van der Waals surface area contributed by atoms with Crippen molar-refractivity contribution in [2.45, 2.75) is 421 Å². The molecule has 14 nitrogen and oxygen atoms in total. The highest BCUT2D eigenvalue weighted by molar-refractivity contribution is 5.76. The predicted molar refractivity (Wildman–Crippen MR) is 378 cm³/mol. The average Bonchev–Trinajstić information content (AvgIpc) is 0.836. The molecule has 0 aromatic heterocycles. The van der Waals surface area contributed by atoms with Crippen molar-refractivity contribution in [3.8, 4) is 0 Å². The smallest absolute Gasteiger partial charge is 0.220 e. The molecule has 2 fully saturated rings. The Morgan fingerprint density at radius 3 is 1.13 bits per heavy atom. The molecule has 0 saturated carbocycles. The van der Waals surface area contributed by atoms with Gasteiger partial charge in [-0.2, -0.15) is 0 Å². The highest BCUT2D eigenvalue weighted by Gasteiger charge is 2.51. The Hall–Kier alpha value is -2.05. The molecule has 0 spiro atoms. The van der Waals surface area contributed by atoms with Gasteiger partial charge in [0.1, 0.15) is 48.8 Å². The minimum Gasteiger partial charge on any atom is -0.394 e. The van der Waals surface area contributed by atoms with Gasteiger partial charge in [0.05, 0.1) is 32.0 Å². The molecule has 14 heteroatoms. The van der Waals surface area contributed by atoms with Gasteiger partial charge >= 0.3 is 0 Å². The van der Waals surface area contributed by atoms with Crippen molar-refractivity contribution in [1.29, 1.82) is 0 Å². The number of allylic oxidation sites excluding steroid dienone is 7. The number of hydrogen-bond donors (Lipinski definition) is 9. The van der Waals surface area contributed by atoms with Crippen molar-refractivity contribution in [3.63, 3.8) is 0 Å². The van der Waals surface area contributed by atoms with Gasteiger partial charge in [0.15, 0.2) is 12.6 Å². The summed E-state index contributed by atoms with van der Waals surface area (Å²) in [4.78, 5) is 13.4. The van der Waals surface area contributed by atoms with Gasteiger partial charge in [-0.05, 0) is 64.2 Å². The minimum atomic E-state index is -1.79. The number of ether oxygens (including phenoxy) is 4. The van der Waals surface area contributed by atoms with Crippen LogP contribution < -0.4 is 5.32 Å². The van der Waals surface area contributed by atoms with Gasteiger partial charge in [0.2, 0.25) is 5.91 Å². The highest BCUT2D eigenvalue weighted by atomic mass is 16.7. The van der Waals surface area contributed by atoms with E-state index in [1.165, 1.54) is 276 Å². The lowest BCUT2D eigenvalue weighted by atomic mass is 9.97. The molecule has 12 atom stereocenters. The fourth-order valence-corrected chi connectivity index (χ4v) is 12.8. The maximum Gasteiger partial charge on any atom is 0.220 e. The van der Waals surface area contributed by atoms with E-state index in [0.717, 1.165) is 38.5 Å². The number of hydrogen-bond acceptors (Lipinski definition) is 13. The van der Waals surface area contributed by atoms with Crippen molar-refractivity contribution in [2.24, 2.45) is 0 Å². The van der Waals surface area contributed by atoms with Crippen LogP contribution in [0.25, 0.3) is 0 Å². The Morgan fingerprint density at radius 1 is 0.391 bits per heavy atom. The lowest BCUT2D eigenvalue weighted by molar-refractivity contribution is -0.359. The Labute approximate surface area is 563 Å². The molecule has 1 amide bonds. The largest absolute Gasteiger partial charge is 0.394 e. The van der Waals surface area contributed by atoms with Crippen LogP contribution in [0.3, 0.4) is 0 Å². The Morgan fingerprint density at radius 2 is 0.728 bits per heavy atom. The van der Waals surface area contributed by atoms with Crippen LogP contribution in [0.4, 0.5) is 0 Å². The molecule has 2 aliphatic rings. The molecule has 540 valence electrons. The maximum absolute atomic E-state index is 13.4. The third kappa shape index (κ3) is 45.5. The van der Waals surface area contributed by atoms with E-state index < -0.39 is 86.8 Å². The first kappa shape index (κ1) is 86.0. The molecule has 2 saturated heterocycles. The first-order valence-corrected chi connectivity index (χ1v) is 38.9. The Kier molecular flexibility index (Phi) is 58.4. The minimum absolute atomic E-state index is 0.244. The summed E-state index contributed by atoms with van der Waals surface area (Å²) in [5.41, 5.74) is 0. The SMILES string of the molecule is CCCCCCC/C=C\C/C=C\CCCCCCCCCCCCCCCCCCCC(=O)NC(COC1OC(CO)C(OC2OC(CO)C(O)C(O)C2O)C(O)C1O)C(O)/C=C/CC/C=C/CCCCCCCCCCCCCCCCCCCCCCCCC. The van der Waals surface area contributed by atoms with E-state index >= 15 is 0 Å². The Balaban J connectivity index is 1.65. The van der Waals surface area contributed by atoms with Gasteiger partial charge in [0.25, 0.3) is 0 Å². The van der Waals surface area contributed by atoms with E-state index in [1.54, 1.807) is 6.08 Å². The zero-order valence-corrected chi connectivity index (χ0v) is 59.1. The van der Waals surface area contributed by atoms with Crippen LogP contribution in [0.1, 0.15) is 348 Å². The normalized spacial score (nSPS) is 22.9. The fraction of sp³-hybridized carbons (Fsp3) is 0.885. The average molecular weight is 1310 g/mol. The molecule has 0 aromatic carbocycles. The summed E-state index contributed by atoms with van der Waals surface area (Å²) in [6.45, 7) is 2.83. The van der Waals surface area contributed by atoms with Crippen LogP contribution in [0.5, 0.6) is 0 Å². The van der Waals surface area contributed by atoms with Gasteiger partial charge in [-0.25, -0.2) is 0 Å². The van der Waals surface area contributed by atoms with Gasteiger partial charge in [0, 0.05) is 6.42 Å². The molecular formula is C78H145NO13. The monoisotopic (exact) mass is 1300 g/mol. The molecule has 2 aliphatic heterocycles. The maximum atomic E-state index is 13.4. The molecule has 0 aromatic rings. The predicted octanol–water partition coefficient (Wildman–Crippen LogP) is 17.0. The Bertz CT molecular complexity index is 1730. The molecule has 92 heavy (non-hydrogen) atoms. The zero-order valence-electron chi connectivity index (χ0n) is 59.1. The summed E-state index contributed by atoms with van der Waals surface area (Å²) in [6, 6.07) is -0.933. The first-order chi connectivity index (χ1) is 45.1. The van der Waals surface area contributed by atoms with Crippen molar-refractivity contribution in [2.75, 3.05) is 19.8 Å². The van der Waals surface area contributed by atoms with Crippen LogP contribution in [-0.2, 0) is 23.7 Å². The lowest BCUT2D eigenvalue weighted by Crippen LogP contribution is -2.65. The van der Waals surface area contributed by atoms with Crippen molar-refractivity contribution in [1.82, 2.24) is 5.32 Å². The molecule has 2 rings (SSSR count). The van der Waals surface area contributed by atoms with E-state index in [0.29, 0.717) is 12.8 Å². The summed E-state index contributed by atoms with van der Waals surface area (Å²) < 4.78 is 22.9. The van der Waals surface area contributed by atoms with E-state index in [2.05, 4.69) is 55.6 Å². The second-order valence-corrected chi connectivity index (χ2v) is 27.5. The number of aliphatic hydroxyl groups is 8. The third-order valence-electron chi connectivity index (χ3n) is 19.0. The molecule has 0 radical (unpaired) electrons. The quantitative estimate of drug-likeness (QED) is 0.0204. The standard InChI is InChI=1S/C78H145NO13/c1-3-5-7-9-11-13-15-17-19-21-23-25-27-29-31-33-35-37-39-41-43-45-47-49-51-53-55-57-59-61-67(82)66(65-89-77-75(88)73(86)76(69(64-81)91-77)92-78-74(87)72(85)71(84)68(63-80)90-78)79-70(83)62-60-58-56-54-52-50-48-46-44-42-40-38-36-34-32-30-28-26-24-22-20-18-16-14-12-10-8-6-4-2/h16,18,22,24,51,53,59,61,66-69,71-78,80-82,84-88H,3-15,17,19-21,23,25-50,52,54-58,60,62-65H2,1-2H3,(H,79,83)/b18-16-,24-22-,53-51+,61-59+. The molecule has 9 N–H and O–H groups in total. The van der Waals surface area contributed by atoms with E-state index in [9.17, 15) is 45.6 Å². The summed E-state index contributed by atoms with van der Waals surface area (Å²) in [7, 11) is 0. The van der Waals surface area contributed by atoms with Crippen LogP contribution in [0.2, 0.25) is 0 Å². The zero-order chi connectivity index (χ0) is 66.6. The first-order valence-electron chi connectivity index (χ1n) is 38.9. The van der Waals surface area contributed by atoms with Gasteiger partial charge in [-0.15, -0.1) is 0 Å². The summed E-state index contributed by atoms with van der Waals surface area (Å²) in [5.74, 6) is -0.244. The summed E-state index contributed by atoms with van der Waals surface area (Å²) in [6.07, 6.45) is 66.2. The number of amides is 1. The number of aliphatic hydroxyl groups excluding tert-OH is 8. The fourth-order valence-electron chi connectivity index (χ4n) is 12.8. The van der Waals surface area contributed by atoms with Gasteiger partial charge < -0.3 is 65.1 Å². The van der Waals surface area contributed by atoms with Crippen LogP contribution >= 0.6 is 0 Å². The summed E-state index contributed by atoms with van der Waals surface area (Å²) in [5, 5.41) is 87.6. The topological polar surface area (TPSA) is 228 Å². The van der Waals surface area contributed by atoms with E-state index in [1.807, 2.05) is 6.08 Å². The summed E-state index contributed by atoms with van der Waals surface area (Å²) >= 11 is 0. The molecule has 2 heterocycles. The molecule has 0 aliphatic carbocycles. The van der Waals surface area contributed by atoms with Crippen molar-refractivity contribution < 1.29 is 64.6 Å². The number of unbranched alkanes of at least 4 members (excludes halogenated alkanes) is 46. The van der Waals surface area contributed by atoms with Crippen molar-refractivity contribution in [3.05, 3.63) is 48.6 Å². The molecule has 0 bridgehead atoms.